The van der Waals surface area contributed by atoms with Gasteiger partial charge in [-0.2, -0.15) is 0 Å². The molecule has 132 valence electrons. The molecule has 2 aromatic rings. The lowest BCUT2D eigenvalue weighted by atomic mass is 10.1. The fourth-order valence-electron chi connectivity index (χ4n) is 3.26. The number of anilines is 1. The second kappa shape index (κ2) is 7.87. The first-order valence-corrected chi connectivity index (χ1v) is 9.35. The van der Waals surface area contributed by atoms with Crippen LogP contribution in [0.15, 0.2) is 48.5 Å². The van der Waals surface area contributed by atoms with Crippen molar-refractivity contribution in [2.45, 2.75) is 33.4 Å². The number of benzene rings is 2. The van der Waals surface area contributed by atoms with Gasteiger partial charge in [0.2, 0.25) is 0 Å². The van der Waals surface area contributed by atoms with Crippen molar-refractivity contribution in [3.63, 3.8) is 0 Å². The van der Waals surface area contributed by atoms with E-state index < -0.39 is 0 Å². The van der Waals surface area contributed by atoms with E-state index in [0.717, 1.165) is 31.3 Å². The average Bonchev–Trinajstić information content (AvgIpc) is 2.62. The van der Waals surface area contributed by atoms with E-state index >= 15 is 0 Å². The van der Waals surface area contributed by atoms with Crippen LogP contribution in [0.2, 0.25) is 0 Å². The Morgan fingerprint density at radius 2 is 1.60 bits per heavy atom. The number of aryl methyl sites for hydroxylation is 2. The van der Waals surface area contributed by atoms with E-state index in [2.05, 4.69) is 84.4 Å². The Bertz CT molecular complexity index is 709. The number of nitrogens with one attached hydrogen (secondary N) is 1. The third-order valence-electron chi connectivity index (χ3n) is 4.84. The highest BCUT2D eigenvalue weighted by Crippen LogP contribution is 2.21. The second-order valence-corrected chi connectivity index (χ2v) is 7.35. The Labute approximate surface area is 156 Å². The predicted octanol–water partition coefficient (Wildman–Crippen LogP) is 3.89. The summed E-state index contributed by atoms with van der Waals surface area (Å²) in [5, 5.41) is 4.27. The average molecular weight is 354 g/mol. The van der Waals surface area contributed by atoms with Crippen LogP contribution in [0, 0.1) is 13.8 Å². The Morgan fingerprint density at radius 1 is 1.00 bits per heavy atom. The van der Waals surface area contributed by atoms with Crippen LogP contribution >= 0.6 is 12.2 Å². The maximum Gasteiger partial charge on any atom is 0.169 e. The molecule has 1 heterocycles. The summed E-state index contributed by atoms with van der Waals surface area (Å²) in [5.41, 5.74) is 5.15. The van der Waals surface area contributed by atoms with E-state index in [1.807, 2.05) is 0 Å². The van der Waals surface area contributed by atoms with Crippen molar-refractivity contribution in [1.29, 1.82) is 0 Å². The lowest BCUT2D eigenvalue weighted by Gasteiger charge is -2.42. The van der Waals surface area contributed by atoms with Gasteiger partial charge in [0.05, 0.1) is 0 Å². The minimum absolute atomic E-state index is 0.440. The molecule has 3 nitrogen and oxygen atoms in total. The molecule has 3 rings (SSSR count). The van der Waals surface area contributed by atoms with Gasteiger partial charge < -0.3 is 15.1 Å². The number of hydrogen-bond acceptors (Lipinski definition) is 2. The highest BCUT2D eigenvalue weighted by Gasteiger charge is 2.25. The molecule has 1 aliphatic heterocycles. The zero-order chi connectivity index (χ0) is 17.8. The molecule has 4 heteroatoms. The molecule has 0 spiro atoms. The Balaban J connectivity index is 1.54. The van der Waals surface area contributed by atoms with E-state index in [-0.39, 0.29) is 0 Å². The summed E-state index contributed by atoms with van der Waals surface area (Å²) in [6.45, 7) is 10.2. The molecule has 1 aliphatic rings. The fourth-order valence-corrected chi connectivity index (χ4v) is 3.50. The summed E-state index contributed by atoms with van der Waals surface area (Å²) in [7, 11) is 0. The highest BCUT2D eigenvalue weighted by molar-refractivity contribution is 7.80. The molecule has 0 aromatic heterocycles. The molecule has 0 aliphatic carbocycles. The van der Waals surface area contributed by atoms with Gasteiger partial charge in [0.25, 0.3) is 0 Å². The van der Waals surface area contributed by atoms with E-state index in [1.54, 1.807) is 0 Å². The Kier molecular flexibility index (Phi) is 5.59. The van der Waals surface area contributed by atoms with Gasteiger partial charge in [-0.05, 0) is 50.7 Å². The molecule has 2 aromatic carbocycles. The standard InChI is InChI=1S/C21H27N3S/c1-16-4-8-19(9-5-16)14-22-21(25)23-12-13-24(18(3)15-23)20-10-6-17(2)7-11-20/h4-11,18H,12-15H2,1-3H3,(H,22,25)/t18-/m0/s1. The smallest absolute Gasteiger partial charge is 0.169 e. The quantitative estimate of drug-likeness (QED) is 0.844. The number of thiocarbonyl (C=S) groups is 1. The van der Waals surface area contributed by atoms with Gasteiger partial charge in [0.15, 0.2) is 5.11 Å². The lowest BCUT2D eigenvalue weighted by Crippen LogP contribution is -2.55. The van der Waals surface area contributed by atoms with Crippen LogP contribution in [0.25, 0.3) is 0 Å². The van der Waals surface area contributed by atoms with Crippen LogP contribution in [-0.4, -0.2) is 35.7 Å². The van der Waals surface area contributed by atoms with Crippen LogP contribution in [0.4, 0.5) is 5.69 Å². The van der Waals surface area contributed by atoms with Gasteiger partial charge in [0.1, 0.15) is 0 Å². The predicted molar refractivity (Wildman–Crippen MR) is 110 cm³/mol. The van der Waals surface area contributed by atoms with Crippen LogP contribution in [0.5, 0.6) is 0 Å². The highest BCUT2D eigenvalue weighted by atomic mass is 32.1. The van der Waals surface area contributed by atoms with Crippen LogP contribution in [0.1, 0.15) is 23.6 Å². The lowest BCUT2D eigenvalue weighted by molar-refractivity contribution is 0.334. The molecule has 25 heavy (non-hydrogen) atoms. The summed E-state index contributed by atoms with van der Waals surface area (Å²) in [4.78, 5) is 4.76. The normalized spacial score (nSPS) is 17.5. The molecule has 0 bridgehead atoms. The van der Waals surface area contributed by atoms with Gasteiger partial charge >= 0.3 is 0 Å². The van der Waals surface area contributed by atoms with Gasteiger partial charge in [-0.15, -0.1) is 0 Å². The van der Waals surface area contributed by atoms with Crippen LogP contribution < -0.4 is 10.2 Å². The number of nitrogens with zero attached hydrogens (tertiary/aromatic N) is 2. The Morgan fingerprint density at radius 3 is 2.20 bits per heavy atom. The minimum Gasteiger partial charge on any atom is -0.365 e. The van der Waals surface area contributed by atoms with Gasteiger partial charge in [-0.1, -0.05) is 47.5 Å². The third-order valence-corrected chi connectivity index (χ3v) is 5.25. The zero-order valence-electron chi connectivity index (χ0n) is 15.3. The van der Waals surface area contributed by atoms with E-state index in [0.29, 0.717) is 6.04 Å². The summed E-state index contributed by atoms with van der Waals surface area (Å²) < 4.78 is 0. The molecular formula is C21H27N3S. The van der Waals surface area contributed by atoms with Crippen molar-refractivity contribution in [2.75, 3.05) is 24.5 Å². The molecule has 1 atom stereocenters. The van der Waals surface area contributed by atoms with Crippen molar-refractivity contribution in [3.8, 4) is 0 Å². The molecule has 0 radical (unpaired) electrons. The third kappa shape index (κ3) is 4.51. The molecule has 0 unspecified atom stereocenters. The molecular weight excluding hydrogens is 326 g/mol. The Hall–Kier alpha value is -2.07. The van der Waals surface area contributed by atoms with Gasteiger partial charge in [0, 0.05) is 37.9 Å². The van der Waals surface area contributed by atoms with E-state index in [9.17, 15) is 0 Å². The van der Waals surface area contributed by atoms with Crippen LogP contribution in [-0.2, 0) is 6.54 Å². The largest absolute Gasteiger partial charge is 0.365 e. The maximum atomic E-state index is 5.62. The van der Waals surface area contributed by atoms with Gasteiger partial charge in [-0.3, -0.25) is 0 Å². The summed E-state index contributed by atoms with van der Waals surface area (Å²) in [6.07, 6.45) is 0. The maximum absolute atomic E-state index is 5.62. The molecule has 0 saturated carbocycles. The van der Waals surface area contributed by atoms with Crippen molar-refractivity contribution in [2.24, 2.45) is 0 Å². The molecule has 1 fully saturated rings. The van der Waals surface area contributed by atoms with Crippen molar-refractivity contribution in [1.82, 2.24) is 10.2 Å². The zero-order valence-corrected chi connectivity index (χ0v) is 16.1. The summed E-state index contributed by atoms with van der Waals surface area (Å²) in [5.74, 6) is 0. The summed E-state index contributed by atoms with van der Waals surface area (Å²) in [6, 6.07) is 17.8. The molecule has 1 saturated heterocycles. The number of rotatable bonds is 3. The molecule has 1 N–H and O–H groups in total. The first-order chi connectivity index (χ1) is 12.0. The van der Waals surface area contributed by atoms with Crippen molar-refractivity contribution >= 4 is 23.0 Å². The topological polar surface area (TPSA) is 18.5 Å². The SMILES string of the molecule is Cc1ccc(CNC(=S)N2CCN(c3ccc(C)cc3)[C@@H](C)C2)cc1. The van der Waals surface area contributed by atoms with Crippen LogP contribution in [0.3, 0.4) is 0 Å². The first-order valence-electron chi connectivity index (χ1n) is 8.94. The number of hydrogen-bond donors (Lipinski definition) is 1. The molecule has 0 amide bonds. The monoisotopic (exact) mass is 353 g/mol. The first kappa shape index (κ1) is 17.7. The van der Waals surface area contributed by atoms with Crippen molar-refractivity contribution in [3.05, 3.63) is 65.2 Å². The number of piperazine rings is 1. The van der Waals surface area contributed by atoms with Gasteiger partial charge in [-0.25, -0.2) is 0 Å². The van der Waals surface area contributed by atoms with E-state index in [4.69, 9.17) is 12.2 Å². The second-order valence-electron chi connectivity index (χ2n) is 6.97. The van der Waals surface area contributed by atoms with E-state index in [1.165, 1.54) is 22.4 Å². The summed E-state index contributed by atoms with van der Waals surface area (Å²) >= 11 is 5.62. The fraction of sp³-hybridized carbons (Fsp3) is 0.381. The van der Waals surface area contributed by atoms with Crippen molar-refractivity contribution < 1.29 is 0 Å². The minimum atomic E-state index is 0.440.